The maximum Gasteiger partial charge on any atom is 0.260 e. The number of amides is 1. The molecule has 40 heavy (non-hydrogen) atoms. The Morgan fingerprint density at radius 1 is 1.02 bits per heavy atom. The van der Waals surface area contributed by atoms with Gasteiger partial charge in [-0.1, -0.05) is 24.3 Å². The number of carbonyl (C=O) groups excluding carboxylic acids is 1. The molecule has 2 saturated heterocycles. The highest BCUT2D eigenvalue weighted by molar-refractivity contribution is 7.91. The summed E-state index contributed by atoms with van der Waals surface area (Å²) in [5, 5.41) is 0.392. The van der Waals surface area contributed by atoms with Crippen molar-refractivity contribution in [2.75, 3.05) is 63.6 Å². The predicted molar refractivity (Wildman–Crippen MR) is 155 cm³/mol. The van der Waals surface area contributed by atoms with Gasteiger partial charge in [-0.2, -0.15) is 4.31 Å². The number of aromatic nitrogens is 1. The van der Waals surface area contributed by atoms with Crippen molar-refractivity contribution in [2.45, 2.75) is 29.6 Å². The molecular weight excluding hydrogens is 573 g/mol. The zero-order valence-electron chi connectivity index (χ0n) is 22.7. The van der Waals surface area contributed by atoms with Crippen LogP contribution in [-0.2, 0) is 24.6 Å². The first-order valence-corrected chi connectivity index (χ1v) is 17.5. The number of para-hydroxylation sites is 1. The van der Waals surface area contributed by atoms with Gasteiger partial charge in [0.2, 0.25) is 10.0 Å². The lowest BCUT2D eigenvalue weighted by molar-refractivity contribution is 0.0391. The van der Waals surface area contributed by atoms with Gasteiger partial charge in [-0.15, -0.1) is 0 Å². The van der Waals surface area contributed by atoms with Gasteiger partial charge < -0.3 is 4.74 Å². The average Bonchev–Trinajstić information content (AvgIpc) is 3.37. The summed E-state index contributed by atoms with van der Waals surface area (Å²) < 4.78 is 58.7. The quantitative estimate of drug-likeness (QED) is 0.384. The normalized spacial score (nSPS) is 18.2. The molecule has 1 aromatic heterocycles. The molecule has 2 aliphatic heterocycles. The Kier molecular flexibility index (Phi) is 8.60. The van der Waals surface area contributed by atoms with Crippen LogP contribution in [-0.4, -0.2) is 95.7 Å². The van der Waals surface area contributed by atoms with Crippen LogP contribution in [0.15, 0.2) is 52.3 Å². The van der Waals surface area contributed by atoms with E-state index >= 15 is 0 Å². The molecule has 3 heterocycles. The summed E-state index contributed by atoms with van der Waals surface area (Å²) in [6.07, 6.45) is 2.80. The fourth-order valence-electron chi connectivity index (χ4n) is 4.98. The second kappa shape index (κ2) is 11.8. The van der Waals surface area contributed by atoms with Gasteiger partial charge in [0.15, 0.2) is 15.0 Å². The second-order valence-electron chi connectivity index (χ2n) is 10.4. The Morgan fingerprint density at radius 3 is 2.35 bits per heavy atom. The Morgan fingerprint density at radius 2 is 1.70 bits per heavy atom. The summed E-state index contributed by atoms with van der Waals surface area (Å²) in [5.41, 5.74) is 0.669. The first-order valence-electron chi connectivity index (χ1n) is 13.4. The van der Waals surface area contributed by atoms with E-state index in [1.165, 1.54) is 33.8 Å². The molecule has 2 aromatic carbocycles. The molecule has 0 aliphatic carbocycles. The van der Waals surface area contributed by atoms with Crippen molar-refractivity contribution < 1.29 is 26.4 Å². The molecule has 0 N–H and O–H groups in total. The number of anilines is 1. The number of sulfone groups is 1. The van der Waals surface area contributed by atoms with Crippen LogP contribution in [0.1, 0.15) is 30.1 Å². The standard InChI is InChI=1S/C27H34N4O6S3/c1-20-10-12-30(13-11-20)40(35,36)22-8-6-21(7-9-22)26(32)31(15-14-29-16-18-37-19-17-29)27-28-25-23(38-27)4-3-5-24(25)39(2,33)34/h3-9,20H,10-19H2,1-2H3. The molecule has 5 rings (SSSR count). The third-order valence-electron chi connectivity index (χ3n) is 7.47. The van der Waals surface area contributed by atoms with Crippen LogP contribution < -0.4 is 4.90 Å². The topological polar surface area (TPSA) is 117 Å². The molecule has 0 unspecified atom stereocenters. The lowest BCUT2D eigenvalue weighted by atomic mass is 10.0. The number of piperidine rings is 1. The molecule has 0 radical (unpaired) electrons. The number of carbonyl (C=O) groups is 1. The summed E-state index contributed by atoms with van der Waals surface area (Å²) in [6, 6.07) is 11.0. The van der Waals surface area contributed by atoms with Crippen molar-refractivity contribution in [3.8, 4) is 0 Å². The number of morpholine rings is 1. The van der Waals surface area contributed by atoms with Crippen LogP contribution in [0.3, 0.4) is 0 Å². The average molecular weight is 607 g/mol. The van der Waals surface area contributed by atoms with Crippen LogP contribution in [0.5, 0.6) is 0 Å². The molecule has 3 aromatic rings. The number of ether oxygens (including phenoxy) is 1. The summed E-state index contributed by atoms with van der Waals surface area (Å²) in [7, 11) is -7.16. The summed E-state index contributed by atoms with van der Waals surface area (Å²) >= 11 is 1.26. The minimum absolute atomic E-state index is 0.120. The number of rotatable bonds is 8. The van der Waals surface area contributed by atoms with E-state index in [-0.39, 0.29) is 15.7 Å². The molecule has 0 spiro atoms. The highest BCUT2D eigenvalue weighted by Gasteiger charge is 2.29. The molecule has 1 amide bonds. The third kappa shape index (κ3) is 6.24. The van der Waals surface area contributed by atoms with Crippen LogP contribution in [0.2, 0.25) is 0 Å². The summed E-state index contributed by atoms with van der Waals surface area (Å²) in [5.74, 6) is 0.176. The minimum Gasteiger partial charge on any atom is -0.379 e. The second-order valence-corrected chi connectivity index (χ2v) is 15.3. The highest BCUT2D eigenvalue weighted by Crippen LogP contribution is 2.33. The first-order chi connectivity index (χ1) is 19.0. The molecule has 216 valence electrons. The van der Waals surface area contributed by atoms with Crippen molar-refractivity contribution in [1.29, 1.82) is 0 Å². The number of hydrogen-bond acceptors (Lipinski definition) is 9. The summed E-state index contributed by atoms with van der Waals surface area (Å²) in [6.45, 7) is 6.78. The maximum absolute atomic E-state index is 13.8. The highest BCUT2D eigenvalue weighted by atomic mass is 32.2. The minimum atomic E-state index is -3.64. The van der Waals surface area contributed by atoms with Crippen LogP contribution in [0.4, 0.5) is 5.13 Å². The fraction of sp³-hybridized carbons (Fsp3) is 0.481. The third-order valence-corrected chi connectivity index (χ3v) is 11.6. The van der Waals surface area contributed by atoms with Crippen molar-refractivity contribution in [3.63, 3.8) is 0 Å². The summed E-state index contributed by atoms with van der Waals surface area (Å²) in [4.78, 5) is 22.5. The molecule has 0 bridgehead atoms. The van der Waals surface area contributed by atoms with E-state index in [4.69, 9.17) is 4.74 Å². The fourth-order valence-corrected chi connectivity index (χ4v) is 8.36. The van der Waals surface area contributed by atoms with E-state index in [0.717, 1.165) is 32.2 Å². The lowest BCUT2D eigenvalue weighted by Gasteiger charge is -2.29. The van der Waals surface area contributed by atoms with E-state index < -0.39 is 19.9 Å². The molecule has 0 atom stereocenters. The Labute approximate surface area is 239 Å². The van der Waals surface area contributed by atoms with Gasteiger partial charge in [-0.25, -0.2) is 21.8 Å². The molecule has 2 aliphatic rings. The predicted octanol–water partition coefficient (Wildman–Crippen LogP) is 3.10. The smallest absolute Gasteiger partial charge is 0.260 e. The monoisotopic (exact) mass is 606 g/mol. The van der Waals surface area contributed by atoms with Gasteiger partial charge >= 0.3 is 0 Å². The van der Waals surface area contributed by atoms with Gasteiger partial charge in [0.25, 0.3) is 5.91 Å². The van der Waals surface area contributed by atoms with Crippen molar-refractivity contribution >= 4 is 52.5 Å². The van der Waals surface area contributed by atoms with E-state index in [9.17, 15) is 21.6 Å². The number of sulfonamides is 1. The Hall–Kier alpha value is -2.42. The van der Waals surface area contributed by atoms with Gasteiger partial charge in [0.05, 0.1) is 27.7 Å². The molecule has 0 saturated carbocycles. The van der Waals surface area contributed by atoms with E-state index in [1.807, 2.05) is 0 Å². The van der Waals surface area contributed by atoms with Crippen LogP contribution in [0, 0.1) is 5.92 Å². The Balaban J connectivity index is 1.44. The van der Waals surface area contributed by atoms with Crippen LogP contribution >= 0.6 is 11.3 Å². The van der Waals surface area contributed by atoms with Crippen molar-refractivity contribution in [2.24, 2.45) is 5.92 Å². The first kappa shape index (κ1) is 29.1. The number of thiazole rings is 1. The van der Waals surface area contributed by atoms with E-state index in [0.29, 0.717) is 66.2 Å². The maximum atomic E-state index is 13.8. The molecular formula is C27H34N4O6S3. The van der Waals surface area contributed by atoms with E-state index in [1.54, 1.807) is 29.2 Å². The van der Waals surface area contributed by atoms with Gasteiger partial charge in [-0.05, 0) is 55.2 Å². The number of fused-ring (bicyclic) bond motifs is 1. The SMILES string of the molecule is CC1CCN(S(=O)(=O)c2ccc(C(=O)N(CCN3CCOCC3)c3nc4c(S(C)(=O)=O)cccc4s3)cc2)CC1. The molecule has 2 fully saturated rings. The zero-order valence-corrected chi connectivity index (χ0v) is 25.1. The number of nitrogens with zero attached hydrogens (tertiary/aromatic N) is 4. The van der Waals surface area contributed by atoms with Gasteiger partial charge in [-0.3, -0.25) is 14.6 Å². The molecule has 10 nitrogen and oxygen atoms in total. The molecule has 13 heteroatoms. The van der Waals surface area contributed by atoms with Crippen molar-refractivity contribution in [3.05, 3.63) is 48.0 Å². The zero-order chi connectivity index (χ0) is 28.5. The largest absolute Gasteiger partial charge is 0.379 e. The Bertz CT molecular complexity index is 1570. The number of benzene rings is 2. The van der Waals surface area contributed by atoms with Crippen LogP contribution in [0.25, 0.3) is 10.2 Å². The van der Waals surface area contributed by atoms with E-state index in [2.05, 4.69) is 16.8 Å². The lowest BCUT2D eigenvalue weighted by Crippen LogP contribution is -2.43. The number of hydrogen-bond donors (Lipinski definition) is 0. The van der Waals surface area contributed by atoms with Gasteiger partial charge in [0.1, 0.15) is 5.52 Å². The van der Waals surface area contributed by atoms with Gasteiger partial charge in [0, 0.05) is 51.1 Å². The van der Waals surface area contributed by atoms with Crippen molar-refractivity contribution in [1.82, 2.24) is 14.2 Å².